The summed E-state index contributed by atoms with van der Waals surface area (Å²) in [6.45, 7) is 3.95. The lowest BCUT2D eigenvalue weighted by molar-refractivity contribution is 0.100. The van der Waals surface area contributed by atoms with Crippen molar-refractivity contribution in [3.63, 3.8) is 0 Å². The number of fused-ring (bicyclic) bond motifs is 1. The number of aryl methyl sites for hydroxylation is 1. The predicted molar refractivity (Wildman–Crippen MR) is 126 cm³/mol. The van der Waals surface area contributed by atoms with Crippen LogP contribution in [0.15, 0.2) is 61.1 Å². The zero-order valence-electron chi connectivity index (χ0n) is 18.1. The summed E-state index contributed by atoms with van der Waals surface area (Å²) in [5.41, 5.74) is 10.3. The Bertz CT molecular complexity index is 1240. The van der Waals surface area contributed by atoms with Crippen molar-refractivity contribution in [2.75, 3.05) is 18.0 Å². The third kappa shape index (κ3) is 3.82. The van der Waals surface area contributed by atoms with E-state index in [1.165, 1.54) is 0 Å². The first-order valence-electron chi connectivity index (χ1n) is 11.1. The molecule has 162 valence electrons. The van der Waals surface area contributed by atoms with Crippen LogP contribution in [0.2, 0.25) is 0 Å². The number of primary amides is 1. The van der Waals surface area contributed by atoms with Crippen molar-refractivity contribution in [1.29, 1.82) is 0 Å². The Balaban J connectivity index is 1.31. The number of amides is 1. The molecule has 3 heterocycles. The normalized spacial score (nSPS) is 14.7. The molecule has 5 rings (SSSR count). The smallest absolute Gasteiger partial charge is 0.248 e. The van der Waals surface area contributed by atoms with Crippen LogP contribution in [0.4, 0.5) is 5.95 Å². The maximum Gasteiger partial charge on any atom is 0.248 e. The first kappa shape index (κ1) is 20.2. The fraction of sp³-hybridized carbons (Fsp3) is 0.280. The number of hydrogen-bond donors (Lipinski definition) is 1. The summed E-state index contributed by atoms with van der Waals surface area (Å²) in [4.78, 5) is 22.6. The Hall–Kier alpha value is -3.74. The maximum absolute atomic E-state index is 11.3. The number of hydrogen-bond acceptors (Lipinski definition) is 5. The van der Waals surface area contributed by atoms with Crippen LogP contribution in [0.25, 0.3) is 22.0 Å². The van der Waals surface area contributed by atoms with Gasteiger partial charge in [0, 0.05) is 36.4 Å². The molecule has 0 aliphatic carbocycles. The Kier molecular flexibility index (Phi) is 5.31. The van der Waals surface area contributed by atoms with Crippen LogP contribution < -0.4 is 10.6 Å². The standard InChI is InChI=1S/C25H26N6O/c1-2-17-14-27-25(28-15-17)30-11-9-22(10-12-30)31-23-8-7-20(13-21(23)16-29-31)18-3-5-19(6-4-18)24(26)32/h3-8,13-16,22H,2,9-12H2,1H3,(H2,26,32). The number of anilines is 1. The SMILES string of the molecule is CCc1cnc(N2CCC(n3ncc4cc(-c5ccc(C(N)=O)cc5)ccc43)CC2)nc1. The van der Waals surface area contributed by atoms with Crippen LogP contribution in [-0.4, -0.2) is 38.7 Å². The second-order valence-electron chi connectivity index (χ2n) is 8.27. The summed E-state index contributed by atoms with van der Waals surface area (Å²) >= 11 is 0. The minimum Gasteiger partial charge on any atom is -0.366 e. The molecule has 32 heavy (non-hydrogen) atoms. The molecular weight excluding hydrogens is 400 g/mol. The molecule has 1 aliphatic rings. The number of aromatic nitrogens is 4. The van der Waals surface area contributed by atoms with Crippen molar-refractivity contribution in [1.82, 2.24) is 19.7 Å². The summed E-state index contributed by atoms with van der Waals surface area (Å²) in [5, 5.41) is 5.83. The topological polar surface area (TPSA) is 89.9 Å². The van der Waals surface area contributed by atoms with Gasteiger partial charge in [0.25, 0.3) is 0 Å². The van der Waals surface area contributed by atoms with Gasteiger partial charge < -0.3 is 10.6 Å². The molecule has 1 fully saturated rings. The van der Waals surface area contributed by atoms with Crippen molar-refractivity contribution in [3.05, 3.63) is 72.2 Å². The van der Waals surface area contributed by atoms with E-state index >= 15 is 0 Å². The number of benzene rings is 2. The van der Waals surface area contributed by atoms with Gasteiger partial charge in [-0.3, -0.25) is 9.48 Å². The zero-order chi connectivity index (χ0) is 22.1. The fourth-order valence-corrected chi connectivity index (χ4v) is 4.35. The highest BCUT2D eigenvalue weighted by Gasteiger charge is 2.24. The third-order valence-electron chi connectivity index (χ3n) is 6.29. The van der Waals surface area contributed by atoms with Crippen LogP contribution in [0.1, 0.15) is 41.7 Å². The number of nitrogens with zero attached hydrogens (tertiary/aromatic N) is 5. The maximum atomic E-state index is 11.3. The molecular formula is C25H26N6O. The Morgan fingerprint density at radius 2 is 1.69 bits per heavy atom. The summed E-state index contributed by atoms with van der Waals surface area (Å²) in [6.07, 6.45) is 8.76. The van der Waals surface area contributed by atoms with E-state index in [-0.39, 0.29) is 0 Å². The largest absolute Gasteiger partial charge is 0.366 e. The van der Waals surface area contributed by atoms with Crippen molar-refractivity contribution >= 4 is 22.8 Å². The van der Waals surface area contributed by atoms with Crippen LogP contribution in [0.3, 0.4) is 0 Å². The van der Waals surface area contributed by atoms with E-state index in [2.05, 4.69) is 44.7 Å². The highest BCUT2D eigenvalue weighted by Crippen LogP contribution is 2.30. The van der Waals surface area contributed by atoms with Crippen molar-refractivity contribution in [2.24, 2.45) is 5.73 Å². The quantitative estimate of drug-likeness (QED) is 0.521. The minimum atomic E-state index is -0.413. The van der Waals surface area contributed by atoms with Gasteiger partial charge in [0.05, 0.1) is 17.8 Å². The minimum absolute atomic E-state index is 0.361. The molecule has 2 aromatic heterocycles. The van der Waals surface area contributed by atoms with Crippen molar-refractivity contribution in [3.8, 4) is 11.1 Å². The summed E-state index contributed by atoms with van der Waals surface area (Å²) in [6, 6.07) is 14.1. The molecule has 2 N–H and O–H groups in total. The van der Waals surface area contributed by atoms with Crippen LogP contribution in [0, 0.1) is 0 Å². The zero-order valence-corrected chi connectivity index (χ0v) is 18.1. The Morgan fingerprint density at radius 1 is 1.00 bits per heavy atom. The van der Waals surface area contributed by atoms with Gasteiger partial charge in [-0.05, 0) is 60.2 Å². The molecule has 1 amide bonds. The van der Waals surface area contributed by atoms with Gasteiger partial charge in [-0.15, -0.1) is 0 Å². The van der Waals surface area contributed by atoms with E-state index in [0.29, 0.717) is 11.6 Å². The molecule has 0 bridgehead atoms. The van der Waals surface area contributed by atoms with Gasteiger partial charge in [0.2, 0.25) is 11.9 Å². The lowest BCUT2D eigenvalue weighted by Crippen LogP contribution is -2.36. The number of carbonyl (C=O) groups is 1. The van der Waals surface area contributed by atoms with E-state index in [0.717, 1.165) is 65.9 Å². The Labute approximate surface area is 186 Å². The predicted octanol–water partition coefficient (Wildman–Crippen LogP) is 4.00. The fourth-order valence-electron chi connectivity index (χ4n) is 4.35. The van der Waals surface area contributed by atoms with Gasteiger partial charge in [-0.2, -0.15) is 5.10 Å². The van der Waals surface area contributed by atoms with Crippen LogP contribution in [0.5, 0.6) is 0 Å². The first-order chi connectivity index (χ1) is 15.6. The van der Waals surface area contributed by atoms with E-state index in [1.807, 2.05) is 30.7 Å². The van der Waals surface area contributed by atoms with Crippen LogP contribution in [-0.2, 0) is 6.42 Å². The molecule has 0 atom stereocenters. The molecule has 1 aliphatic heterocycles. The average molecular weight is 427 g/mol. The Morgan fingerprint density at radius 3 is 2.34 bits per heavy atom. The summed E-state index contributed by atoms with van der Waals surface area (Å²) < 4.78 is 2.16. The van der Waals surface area contributed by atoms with Crippen LogP contribution >= 0.6 is 0 Å². The van der Waals surface area contributed by atoms with Gasteiger partial charge >= 0.3 is 0 Å². The number of nitrogens with two attached hydrogens (primary N) is 1. The molecule has 7 nitrogen and oxygen atoms in total. The molecule has 2 aromatic carbocycles. The molecule has 4 aromatic rings. The molecule has 0 saturated carbocycles. The lowest BCUT2D eigenvalue weighted by atomic mass is 10.0. The van der Waals surface area contributed by atoms with E-state index in [1.54, 1.807) is 12.1 Å². The van der Waals surface area contributed by atoms with E-state index in [9.17, 15) is 4.79 Å². The van der Waals surface area contributed by atoms with Gasteiger partial charge in [0.1, 0.15) is 0 Å². The number of rotatable bonds is 5. The van der Waals surface area contributed by atoms with Gasteiger partial charge in [-0.25, -0.2) is 9.97 Å². The molecule has 1 saturated heterocycles. The molecule has 0 unspecified atom stereocenters. The molecule has 7 heteroatoms. The van der Waals surface area contributed by atoms with Crippen molar-refractivity contribution < 1.29 is 4.79 Å². The summed E-state index contributed by atoms with van der Waals surface area (Å²) in [7, 11) is 0. The molecule has 0 spiro atoms. The van der Waals surface area contributed by atoms with E-state index in [4.69, 9.17) is 10.8 Å². The third-order valence-corrected chi connectivity index (χ3v) is 6.29. The lowest BCUT2D eigenvalue weighted by Gasteiger charge is -2.32. The average Bonchev–Trinajstić information content (AvgIpc) is 3.27. The van der Waals surface area contributed by atoms with Crippen molar-refractivity contribution in [2.45, 2.75) is 32.2 Å². The van der Waals surface area contributed by atoms with E-state index < -0.39 is 5.91 Å². The second kappa shape index (κ2) is 8.42. The highest BCUT2D eigenvalue weighted by atomic mass is 16.1. The molecule has 0 radical (unpaired) electrons. The van der Waals surface area contributed by atoms with Gasteiger partial charge in [0.15, 0.2) is 0 Å². The highest BCUT2D eigenvalue weighted by molar-refractivity contribution is 5.93. The second-order valence-corrected chi connectivity index (χ2v) is 8.27. The monoisotopic (exact) mass is 426 g/mol. The first-order valence-corrected chi connectivity index (χ1v) is 11.1. The summed E-state index contributed by atoms with van der Waals surface area (Å²) in [5.74, 6) is 0.404. The number of piperidine rings is 1. The van der Waals surface area contributed by atoms with Gasteiger partial charge in [-0.1, -0.05) is 25.1 Å². The number of carbonyl (C=O) groups excluding carboxylic acids is 1.